The molecule has 0 aromatic heterocycles. The molecule has 0 spiro atoms. The van der Waals surface area contributed by atoms with Crippen molar-refractivity contribution in [3.63, 3.8) is 0 Å². The SMILES string of the molecule is CCCCCCCCCCCCCCCCCCN(C)C(=O)c1ccc(N=Nc2ccc(OC)cc2)cc1. The van der Waals surface area contributed by atoms with Crippen molar-refractivity contribution in [2.45, 2.75) is 110 Å². The zero-order valence-electron chi connectivity index (χ0n) is 24.3. The molecule has 0 radical (unpaired) electrons. The molecular formula is C33H51N3O2. The summed E-state index contributed by atoms with van der Waals surface area (Å²) < 4.78 is 5.16. The maximum atomic E-state index is 12.7. The van der Waals surface area contributed by atoms with Crippen LogP contribution in [0.5, 0.6) is 5.75 Å². The first-order chi connectivity index (χ1) is 18.6. The van der Waals surface area contributed by atoms with Crippen molar-refractivity contribution in [1.29, 1.82) is 0 Å². The highest BCUT2D eigenvalue weighted by atomic mass is 16.5. The van der Waals surface area contributed by atoms with Crippen molar-refractivity contribution in [2.75, 3.05) is 20.7 Å². The van der Waals surface area contributed by atoms with E-state index < -0.39 is 0 Å². The van der Waals surface area contributed by atoms with Crippen LogP contribution in [0.4, 0.5) is 11.4 Å². The van der Waals surface area contributed by atoms with E-state index in [9.17, 15) is 4.79 Å². The quantitative estimate of drug-likeness (QED) is 0.121. The molecule has 0 bridgehead atoms. The van der Waals surface area contributed by atoms with Gasteiger partial charge in [-0.1, -0.05) is 103 Å². The monoisotopic (exact) mass is 521 g/mol. The molecule has 0 aliphatic rings. The van der Waals surface area contributed by atoms with E-state index in [1.807, 2.05) is 60.5 Å². The molecular weight excluding hydrogens is 470 g/mol. The number of carbonyl (C=O) groups excluding carboxylic acids is 1. The van der Waals surface area contributed by atoms with E-state index in [-0.39, 0.29) is 5.91 Å². The molecule has 2 aromatic carbocycles. The maximum absolute atomic E-state index is 12.7. The van der Waals surface area contributed by atoms with Gasteiger partial charge >= 0.3 is 0 Å². The highest BCUT2D eigenvalue weighted by Crippen LogP contribution is 2.22. The molecule has 2 aromatic rings. The van der Waals surface area contributed by atoms with Crippen LogP contribution in [0.2, 0.25) is 0 Å². The highest BCUT2D eigenvalue weighted by Gasteiger charge is 2.11. The van der Waals surface area contributed by atoms with Gasteiger partial charge in [-0.25, -0.2) is 0 Å². The van der Waals surface area contributed by atoms with Gasteiger partial charge in [-0.2, -0.15) is 10.2 Å². The zero-order chi connectivity index (χ0) is 27.3. The molecule has 0 unspecified atom stereocenters. The van der Waals surface area contributed by atoms with E-state index in [1.165, 1.54) is 96.3 Å². The van der Waals surface area contributed by atoms with Gasteiger partial charge in [0.1, 0.15) is 5.75 Å². The lowest BCUT2D eigenvalue weighted by Crippen LogP contribution is -2.27. The third-order valence-corrected chi connectivity index (χ3v) is 7.16. The molecule has 210 valence electrons. The predicted octanol–water partition coefficient (Wildman–Crippen LogP) is 10.4. The smallest absolute Gasteiger partial charge is 0.253 e. The summed E-state index contributed by atoms with van der Waals surface area (Å²) in [5.74, 6) is 0.847. The summed E-state index contributed by atoms with van der Waals surface area (Å²) in [4.78, 5) is 14.6. The number of methoxy groups -OCH3 is 1. The Hall–Kier alpha value is -2.69. The number of amides is 1. The summed E-state index contributed by atoms with van der Waals surface area (Å²) in [5.41, 5.74) is 2.16. The molecule has 0 aliphatic carbocycles. The molecule has 2 rings (SSSR count). The van der Waals surface area contributed by atoms with E-state index in [1.54, 1.807) is 7.11 Å². The number of hydrogen-bond donors (Lipinski definition) is 0. The fourth-order valence-electron chi connectivity index (χ4n) is 4.65. The molecule has 1 amide bonds. The fraction of sp³-hybridized carbons (Fsp3) is 0.606. The van der Waals surface area contributed by atoms with Crippen molar-refractivity contribution >= 4 is 17.3 Å². The Kier molecular flexibility index (Phi) is 16.8. The number of nitrogens with zero attached hydrogens (tertiary/aromatic N) is 3. The lowest BCUT2D eigenvalue weighted by atomic mass is 10.0. The fourth-order valence-corrected chi connectivity index (χ4v) is 4.65. The second kappa shape index (κ2) is 20.3. The molecule has 5 nitrogen and oxygen atoms in total. The van der Waals surface area contributed by atoms with Gasteiger partial charge < -0.3 is 9.64 Å². The van der Waals surface area contributed by atoms with E-state index in [2.05, 4.69) is 17.2 Å². The lowest BCUT2D eigenvalue weighted by molar-refractivity contribution is 0.0792. The Morgan fingerprint density at radius 2 is 1.03 bits per heavy atom. The van der Waals surface area contributed by atoms with Crippen LogP contribution in [0, 0.1) is 0 Å². The Bertz CT molecular complexity index is 893. The standard InChI is InChI=1S/C33H51N3O2/c1-4-5-6-7-8-9-10-11-12-13-14-15-16-17-18-19-28-36(2)33(37)29-20-22-30(23-21-29)34-35-31-24-26-32(38-3)27-25-31/h20-27H,4-19,28H2,1-3H3. The van der Waals surface area contributed by atoms with Crippen molar-refractivity contribution in [3.05, 3.63) is 54.1 Å². The third-order valence-electron chi connectivity index (χ3n) is 7.16. The average molecular weight is 522 g/mol. The van der Waals surface area contributed by atoms with E-state index in [4.69, 9.17) is 4.74 Å². The first-order valence-electron chi connectivity index (χ1n) is 15.1. The van der Waals surface area contributed by atoms with E-state index in [0.29, 0.717) is 5.56 Å². The predicted molar refractivity (Wildman–Crippen MR) is 160 cm³/mol. The Balaban J connectivity index is 1.49. The molecule has 0 saturated carbocycles. The summed E-state index contributed by atoms with van der Waals surface area (Å²) in [5, 5.41) is 8.50. The van der Waals surface area contributed by atoms with Gasteiger partial charge in [-0.3, -0.25) is 4.79 Å². The van der Waals surface area contributed by atoms with Crippen LogP contribution in [-0.4, -0.2) is 31.5 Å². The van der Waals surface area contributed by atoms with Crippen LogP contribution in [-0.2, 0) is 0 Å². The minimum Gasteiger partial charge on any atom is -0.497 e. The summed E-state index contributed by atoms with van der Waals surface area (Å²) in [6, 6.07) is 14.7. The van der Waals surface area contributed by atoms with Gasteiger partial charge in [0.05, 0.1) is 18.5 Å². The molecule has 0 atom stereocenters. The summed E-state index contributed by atoms with van der Waals surface area (Å²) >= 11 is 0. The van der Waals surface area contributed by atoms with Crippen molar-refractivity contribution in [2.24, 2.45) is 10.2 Å². The Labute approximate surface area is 232 Å². The lowest BCUT2D eigenvalue weighted by Gasteiger charge is -2.17. The van der Waals surface area contributed by atoms with Crippen LogP contribution < -0.4 is 4.74 Å². The summed E-state index contributed by atoms with van der Waals surface area (Å²) in [7, 11) is 3.53. The largest absolute Gasteiger partial charge is 0.497 e. The molecule has 0 aliphatic heterocycles. The summed E-state index contributed by atoms with van der Waals surface area (Å²) in [6.45, 7) is 3.08. The maximum Gasteiger partial charge on any atom is 0.253 e. The van der Waals surface area contributed by atoms with E-state index >= 15 is 0 Å². The van der Waals surface area contributed by atoms with Gasteiger partial charge in [0.25, 0.3) is 5.91 Å². The van der Waals surface area contributed by atoms with Crippen LogP contribution in [0.3, 0.4) is 0 Å². The van der Waals surface area contributed by atoms with Crippen LogP contribution in [0.1, 0.15) is 120 Å². The van der Waals surface area contributed by atoms with Crippen LogP contribution >= 0.6 is 0 Å². The second-order valence-electron chi connectivity index (χ2n) is 10.5. The van der Waals surface area contributed by atoms with Crippen molar-refractivity contribution in [1.82, 2.24) is 4.90 Å². The molecule has 0 saturated heterocycles. The number of hydrogen-bond acceptors (Lipinski definition) is 4. The minimum atomic E-state index is 0.0598. The molecule has 38 heavy (non-hydrogen) atoms. The van der Waals surface area contributed by atoms with Crippen molar-refractivity contribution < 1.29 is 9.53 Å². The summed E-state index contributed by atoms with van der Waals surface area (Å²) in [6.07, 6.45) is 21.7. The van der Waals surface area contributed by atoms with Gasteiger partial charge in [-0.15, -0.1) is 0 Å². The number of azo groups is 1. The first-order valence-corrected chi connectivity index (χ1v) is 15.1. The highest BCUT2D eigenvalue weighted by molar-refractivity contribution is 5.94. The number of benzene rings is 2. The van der Waals surface area contributed by atoms with Crippen LogP contribution in [0.15, 0.2) is 58.8 Å². The van der Waals surface area contributed by atoms with Gasteiger partial charge in [0, 0.05) is 19.2 Å². The van der Waals surface area contributed by atoms with E-state index in [0.717, 1.165) is 30.1 Å². The third kappa shape index (κ3) is 13.7. The van der Waals surface area contributed by atoms with Crippen LogP contribution in [0.25, 0.3) is 0 Å². The number of rotatable bonds is 21. The Morgan fingerprint density at radius 3 is 1.45 bits per heavy atom. The average Bonchev–Trinajstić information content (AvgIpc) is 2.96. The number of unbranched alkanes of at least 4 members (excludes halogenated alkanes) is 15. The van der Waals surface area contributed by atoms with Gasteiger partial charge in [0.2, 0.25) is 0 Å². The Morgan fingerprint density at radius 1 is 0.632 bits per heavy atom. The van der Waals surface area contributed by atoms with Crippen molar-refractivity contribution in [3.8, 4) is 5.75 Å². The van der Waals surface area contributed by atoms with Gasteiger partial charge in [-0.05, 0) is 55.0 Å². The van der Waals surface area contributed by atoms with Gasteiger partial charge in [0.15, 0.2) is 0 Å². The topological polar surface area (TPSA) is 54.3 Å². The number of ether oxygens (including phenoxy) is 1. The molecule has 5 heteroatoms. The molecule has 0 N–H and O–H groups in total. The molecule has 0 fully saturated rings. The first kappa shape index (κ1) is 31.5. The zero-order valence-corrected chi connectivity index (χ0v) is 24.3. The molecule has 0 heterocycles. The number of carbonyl (C=O) groups is 1. The minimum absolute atomic E-state index is 0.0598. The second-order valence-corrected chi connectivity index (χ2v) is 10.5. The normalized spacial score (nSPS) is 11.2.